The zero-order chi connectivity index (χ0) is 20.3. The number of hydrogen-bond donors (Lipinski definition) is 3. The third kappa shape index (κ3) is 4.91. The van der Waals surface area contributed by atoms with Crippen LogP contribution in [-0.2, 0) is 10.0 Å². The van der Waals surface area contributed by atoms with E-state index in [2.05, 4.69) is 15.6 Å². The highest BCUT2D eigenvalue weighted by Gasteiger charge is 2.26. The Hall–Kier alpha value is -2.83. The van der Waals surface area contributed by atoms with Crippen molar-refractivity contribution in [2.75, 3.05) is 23.3 Å². The molecule has 0 radical (unpaired) electrons. The van der Waals surface area contributed by atoms with Gasteiger partial charge in [-0.15, -0.1) is 0 Å². The summed E-state index contributed by atoms with van der Waals surface area (Å²) in [4.78, 5) is 16.4. The molecule has 0 amide bonds. The van der Waals surface area contributed by atoms with Crippen LogP contribution in [0.2, 0.25) is 0 Å². The van der Waals surface area contributed by atoms with Crippen LogP contribution in [0.4, 0.5) is 17.3 Å². The van der Waals surface area contributed by atoms with Gasteiger partial charge < -0.3 is 25.6 Å². The minimum Gasteiger partial charge on any atom is -0.358 e. The quantitative estimate of drug-likeness (QED) is 0.368. The molecule has 148 valence electrons. The summed E-state index contributed by atoms with van der Waals surface area (Å²) in [5, 5.41) is 22.5. The van der Waals surface area contributed by atoms with Gasteiger partial charge in [0.25, 0.3) is 0 Å². The molecule has 1 aliphatic rings. The SMILES string of the molecule is NS(=O)(=O)c1ccc(NC(=S)N[C@H]2CCN(c3cccc([N+](=O)[O-])n3)C2)cc1. The van der Waals surface area contributed by atoms with E-state index in [0.29, 0.717) is 29.7 Å². The van der Waals surface area contributed by atoms with Crippen molar-refractivity contribution in [3.8, 4) is 0 Å². The number of nitro groups is 1. The van der Waals surface area contributed by atoms with Crippen LogP contribution in [0.15, 0.2) is 47.4 Å². The fourth-order valence-electron chi connectivity index (χ4n) is 2.86. The molecule has 1 atom stereocenters. The largest absolute Gasteiger partial charge is 0.365 e. The van der Waals surface area contributed by atoms with Crippen LogP contribution in [0.5, 0.6) is 0 Å². The Morgan fingerprint density at radius 1 is 1.29 bits per heavy atom. The third-order valence-corrected chi connectivity index (χ3v) is 5.34. The molecule has 1 fully saturated rings. The Morgan fingerprint density at radius 2 is 2.00 bits per heavy atom. The summed E-state index contributed by atoms with van der Waals surface area (Å²) in [6.45, 7) is 1.29. The lowest BCUT2D eigenvalue weighted by Crippen LogP contribution is -2.39. The molecule has 12 heteroatoms. The monoisotopic (exact) mass is 422 g/mol. The molecule has 10 nitrogen and oxygen atoms in total. The summed E-state index contributed by atoms with van der Waals surface area (Å²) in [5.74, 6) is 0.366. The van der Waals surface area contributed by atoms with Gasteiger partial charge in [-0.1, -0.05) is 0 Å². The second kappa shape index (κ2) is 8.04. The number of hydrogen-bond acceptors (Lipinski definition) is 7. The first-order chi connectivity index (χ1) is 13.2. The highest BCUT2D eigenvalue weighted by atomic mass is 32.2. The predicted molar refractivity (Wildman–Crippen MR) is 109 cm³/mol. The number of pyridine rings is 1. The molecule has 3 rings (SSSR count). The van der Waals surface area contributed by atoms with E-state index in [0.717, 1.165) is 6.42 Å². The Kier molecular flexibility index (Phi) is 5.72. The minimum atomic E-state index is -3.74. The van der Waals surface area contributed by atoms with Gasteiger partial charge in [-0.05, 0) is 58.9 Å². The topological polar surface area (TPSA) is 143 Å². The molecule has 0 aliphatic carbocycles. The van der Waals surface area contributed by atoms with Crippen molar-refractivity contribution in [3.63, 3.8) is 0 Å². The molecule has 0 saturated carbocycles. The second-order valence-electron chi connectivity index (χ2n) is 6.21. The highest BCUT2D eigenvalue weighted by Crippen LogP contribution is 2.21. The first-order valence-corrected chi connectivity index (χ1v) is 10.2. The maximum atomic E-state index is 11.3. The number of nitrogens with one attached hydrogen (secondary N) is 2. The van der Waals surface area contributed by atoms with Gasteiger partial charge in [0, 0.05) is 37.0 Å². The van der Waals surface area contributed by atoms with Gasteiger partial charge in [0.15, 0.2) is 5.11 Å². The number of sulfonamides is 1. The molecule has 0 spiro atoms. The van der Waals surface area contributed by atoms with Gasteiger partial charge >= 0.3 is 5.82 Å². The Bertz CT molecular complexity index is 996. The summed E-state index contributed by atoms with van der Waals surface area (Å²) in [6, 6.07) is 10.7. The van der Waals surface area contributed by atoms with Crippen LogP contribution in [0, 0.1) is 10.1 Å². The number of anilines is 2. The van der Waals surface area contributed by atoms with E-state index in [-0.39, 0.29) is 16.8 Å². The number of aromatic nitrogens is 1. The lowest BCUT2D eigenvalue weighted by molar-refractivity contribution is -0.389. The third-order valence-electron chi connectivity index (χ3n) is 4.19. The number of rotatable bonds is 5. The van der Waals surface area contributed by atoms with Crippen LogP contribution in [0.1, 0.15) is 6.42 Å². The molecular weight excluding hydrogens is 404 g/mol. The number of nitrogens with zero attached hydrogens (tertiary/aromatic N) is 3. The van der Waals surface area contributed by atoms with Crippen molar-refractivity contribution in [2.24, 2.45) is 5.14 Å². The average molecular weight is 422 g/mol. The number of benzene rings is 1. The predicted octanol–water partition coefficient (Wildman–Crippen LogP) is 1.20. The zero-order valence-corrected chi connectivity index (χ0v) is 16.2. The van der Waals surface area contributed by atoms with Gasteiger partial charge in [-0.25, -0.2) is 13.6 Å². The summed E-state index contributed by atoms with van der Waals surface area (Å²) in [7, 11) is -3.74. The van der Waals surface area contributed by atoms with Gasteiger partial charge in [0.05, 0.1) is 4.90 Å². The molecule has 1 aromatic carbocycles. The molecule has 28 heavy (non-hydrogen) atoms. The van der Waals surface area contributed by atoms with Crippen molar-refractivity contribution in [1.82, 2.24) is 10.3 Å². The van der Waals surface area contributed by atoms with Gasteiger partial charge in [-0.2, -0.15) is 0 Å². The van der Waals surface area contributed by atoms with E-state index in [4.69, 9.17) is 17.4 Å². The molecule has 0 bridgehead atoms. The summed E-state index contributed by atoms with van der Waals surface area (Å²) in [5.41, 5.74) is 0.625. The van der Waals surface area contributed by atoms with Crippen molar-refractivity contribution >= 4 is 44.7 Å². The molecule has 0 unspecified atom stereocenters. The Labute approximate surface area is 166 Å². The molecular formula is C16H18N6O4S2. The number of thiocarbonyl (C=S) groups is 1. The smallest absolute Gasteiger partial charge is 0.358 e. The first-order valence-electron chi connectivity index (χ1n) is 8.29. The highest BCUT2D eigenvalue weighted by molar-refractivity contribution is 7.89. The number of primary sulfonamides is 1. The molecule has 1 aromatic heterocycles. The van der Waals surface area contributed by atoms with Crippen molar-refractivity contribution < 1.29 is 13.3 Å². The lowest BCUT2D eigenvalue weighted by atomic mass is 10.3. The van der Waals surface area contributed by atoms with E-state index < -0.39 is 14.9 Å². The van der Waals surface area contributed by atoms with Crippen molar-refractivity contribution in [2.45, 2.75) is 17.4 Å². The molecule has 1 saturated heterocycles. The van der Waals surface area contributed by atoms with Crippen LogP contribution in [-0.4, -0.2) is 42.6 Å². The van der Waals surface area contributed by atoms with Gasteiger partial charge in [0.2, 0.25) is 15.8 Å². The normalized spacial score (nSPS) is 16.6. The first kappa shape index (κ1) is 19.9. The van der Waals surface area contributed by atoms with Gasteiger partial charge in [0.1, 0.15) is 0 Å². The Morgan fingerprint density at radius 3 is 2.64 bits per heavy atom. The molecule has 4 N–H and O–H groups in total. The minimum absolute atomic E-state index is 0.0211. The van der Waals surface area contributed by atoms with Crippen LogP contribution in [0.25, 0.3) is 0 Å². The maximum absolute atomic E-state index is 11.3. The van der Waals surface area contributed by atoms with E-state index in [1.54, 1.807) is 24.3 Å². The lowest BCUT2D eigenvalue weighted by Gasteiger charge is -2.17. The van der Waals surface area contributed by atoms with Crippen LogP contribution in [0.3, 0.4) is 0 Å². The van der Waals surface area contributed by atoms with E-state index in [9.17, 15) is 18.5 Å². The summed E-state index contributed by atoms with van der Waals surface area (Å²) < 4.78 is 22.5. The molecule has 1 aliphatic heterocycles. The van der Waals surface area contributed by atoms with Crippen LogP contribution < -0.4 is 20.7 Å². The van der Waals surface area contributed by atoms with Crippen LogP contribution >= 0.6 is 12.2 Å². The van der Waals surface area contributed by atoms with Crippen molar-refractivity contribution in [1.29, 1.82) is 0 Å². The maximum Gasteiger partial charge on any atom is 0.365 e. The molecule has 2 aromatic rings. The second-order valence-corrected chi connectivity index (χ2v) is 8.18. The fourth-order valence-corrected chi connectivity index (χ4v) is 3.66. The summed E-state index contributed by atoms with van der Waals surface area (Å²) >= 11 is 5.30. The number of nitrogens with two attached hydrogens (primary N) is 1. The van der Waals surface area contributed by atoms with Crippen molar-refractivity contribution in [3.05, 3.63) is 52.6 Å². The van der Waals surface area contributed by atoms with E-state index >= 15 is 0 Å². The standard InChI is InChI=1S/C16H18N6O4S2/c17-28(25,26)13-6-4-11(5-7-13)18-16(27)19-12-8-9-21(10-12)14-2-1-3-15(20-14)22(23)24/h1-7,12H,8-10H2,(H2,17,25,26)(H2,18,19,27)/t12-/m0/s1. The summed E-state index contributed by atoms with van der Waals surface area (Å²) in [6.07, 6.45) is 0.788. The van der Waals surface area contributed by atoms with E-state index in [1.807, 2.05) is 4.90 Å². The van der Waals surface area contributed by atoms with Gasteiger partial charge in [-0.3, -0.25) is 0 Å². The molecule has 2 heterocycles. The fraction of sp³-hybridized carbons (Fsp3) is 0.250. The van der Waals surface area contributed by atoms with E-state index in [1.165, 1.54) is 18.2 Å². The average Bonchev–Trinajstić information content (AvgIpc) is 3.10. The Balaban J connectivity index is 1.56. The zero-order valence-electron chi connectivity index (χ0n) is 14.6.